The van der Waals surface area contributed by atoms with Gasteiger partial charge in [0.2, 0.25) is 0 Å². The first-order valence-corrected chi connectivity index (χ1v) is 4.81. The highest BCUT2D eigenvalue weighted by Gasteiger charge is 2.07. The smallest absolute Gasteiger partial charge is 0.338 e. The number of carbonyl (C=O) groups is 1. The SMILES string of the molecule is CCOC(=O)c1cc(C)cc(NS)c1. The molecule has 1 aromatic rings. The zero-order valence-electron chi connectivity index (χ0n) is 8.20. The van der Waals surface area contributed by atoms with Crippen LogP contribution < -0.4 is 4.72 Å². The molecule has 0 bridgehead atoms. The predicted molar refractivity (Wildman–Crippen MR) is 59.7 cm³/mol. The van der Waals surface area contributed by atoms with Crippen LogP contribution in [0.2, 0.25) is 0 Å². The molecule has 1 aromatic carbocycles. The van der Waals surface area contributed by atoms with Crippen LogP contribution in [-0.4, -0.2) is 12.6 Å². The van der Waals surface area contributed by atoms with E-state index in [0.29, 0.717) is 12.2 Å². The molecule has 1 N–H and O–H groups in total. The summed E-state index contributed by atoms with van der Waals surface area (Å²) in [4.78, 5) is 11.4. The van der Waals surface area contributed by atoms with Gasteiger partial charge in [-0.1, -0.05) is 12.8 Å². The number of anilines is 1. The molecule has 0 heterocycles. The molecule has 0 saturated heterocycles. The molecule has 0 aromatic heterocycles. The second-order valence-electron chi connectivity index (χ2n) is 2.92. The summed E-state index contributed by atoms with van der Waals surface area (Å²) in [6.07, 6.45) is 0. The maximum absolute atomic E-state index is 11.4. The molecule has 0 aliphatic rings. The fraction of sp³-hybridized carbons (Fsp3) is 0.300. The number of hydrogen-bond donors (Lipinski definition) is 2. The quantitative estimate of drug-likeness (QED) is 0.595. The summed E-state index contributed by atoms with van der Waals surface area (Å²) in [6, 6.07) is 5.39. The Hall–Kier alpha value is -1.16. The van der Waals surface area contributed by atoms with Crippen LogP contribution in [0.25, 0.3) is 0 Å². The van der Waals surface area contributed by atoms with Gasteiger partial charge in [0.15, 0.2) is 0 Å². The minimum atomic E-state index is -0.305. The average Bonchev–Trinajstić information content (AvgIpc) is 2.17. The normalized spacial score (nSPS) is 9.64. The first-order valence-electron chi connectivity index (χ1n) is 4.36. The van der Waals surface area contributed by atoms with Gasteiger partial charge in [-0.15, -0.1) is 0 Å². The van der Waals surface area contributed by atoms with Crippen LogP contribution in [0.4, 0.5) is 5.69 Å². The second-order valence-corrected chi connectivity index (χ2v) is 3.14. The van der Waals surface area contributed by atoms with Crippen LogP contribution in [0.15, 0.2) is 18.2 Å². The van der Waals surface area contributed by atoms with E-state index in [1.165, 1.54) is 0 Å². The summed E-state index contributed by atoms with van der Waals surface area (Å²) in [7, 11) is 0. The Bertz CT molecular complexity index is 339. The van der Waals surface area contributed by atoms with Crippen LogP contribution in [-0.2, 0) is 4.74 Å². The van der Waals surface area contributed by atoms with Crippen molar-refractivity contribution in [3.8, 4) is 0 Å². The highest BCUT2D eigenvalue weighted by Crippen LogP contribution is 2.15. The first kappa shape index (κ1) is 10.9. The van der Waals surface area contributed by atoms with E-state index in [9.17, 15) is 4.79 Å². The van der Waals surface area contributed by atoms with Crippen molar-refractivity contribution in [1.82, 2.24) is 0 Å². The van der Waals surface area contributed by atoms with Gasteiger partial charge in [0.25, 0.3) is 0 Å². The van der Waals surface area contributed by atoms with Gasteiger partial charge in [-0.2, -0.15) is 0 Å². The topological polar surface area (TPSA) is 38.3 Å². The fourth-order valence-corrected chi connectivity index (χ4v) is 1.31. The van der Waals surface area contributed by atoms with Crippen molar-refractivity contribution in [2.75, 3.05) is 11.3 Å². The van der Waals surface area contributed by atoms with Crippen LogP contribution >= 0.6 is 12.8 Å². The average molecular weight is 211 g/mol. The monoisotopic (exact) mass is 211 g/mol. The lowest BCUT2D eigenvalue weighted by Crippen LogP contribution is -2.05. The van der Waals surface area contributed by atoms with Crippen LogP contribution in [0.1, 0.15) is 22.8 Å². The summed E-state index contributed by atoms with van der Waals surface area (Å²) < 4.78 is 7.58. The lowest BCUT2D eigenvalue weighted by atomic mass is 10.1. The zero-order chi connectivity index (χ0) is 10.6. The van der Waals surface area contributed by atoms with Crippen molar-refractivity contribution in [2.24, 2.45) is 0 Å². The maximum Gasteiger partial charge on any atom is 0.338 e. The van der Waals surface area contributed by atoms with E-state index in [-0.39, 0.29) is 5.97 Å². The molecule has 4 heteroatoms. The van der Waals surface area contributed by atoms with E-state index >= 15 is 0 Å². The Morgan fingerprint density at radius 3 is 2.79 bits per heavy atom. The molecule has 0 unspecified atom stereocenters. The number of ether oxygens (including phenoxy) is 1. The van der Waals surface area contributed by atoms with E-state index in [0.717, 1.165) is 11.3 Å². The third kappa shape index (κ3) is 2.67. The van der Waals surface area contributed by atoms with Crippen molar-refractivity contribution in [3.05, 3.63) is 29.3 Å². The summed E-state index contributed by atoms with van der Waals surface area (Å²) in [5.41, 5.74) is 2.33. The van der Waals surface area contributed by atoms with E-state index in [2.05, 4.69) is 17.5 Å². The molecule has 0 spiro atoms. The summed E-state index contributed by atoms with van der Waals surface area (Å²) >= 11 is 3.92. The maximum atomic E-state index is 11.4. The molecule has 0 radical (unpaired) electrons. The van der Waals surface area contributed by atoms with Crippen LogP contribution in [0.3, 0.4) is 0 Å². The Balaban J connectivity index is 2.96. The predicted octanol–water partition coefficient (Wildman–Crippen LogP) is 2.43. The molecule has 1 rings (SSSR count). The van der Waals surface area contributed by atoms with Crippen molar-refractivity contribution < 1.29 is 9.53 Å². The summed E-state index contributed by atoms with van der Waals surface area (Å²) in [5, 5.41) is 0. The van der Waals surface area contributed by atoms with Gasteiger partial charge in [0.1, 0.15) is 0 Å². The molecule has 0 fully saturated rings. The number of hydrogen-bond acceptors (Lipinski definition) is 4. The van der Waals surface area contributed by atoms with Crippen LogP contribution in [0, 0.1) is 6.92 Å². The second kappa shape index (κ2) is 4.91. The highest BCUT2D eigenvalue weighted by molar-refractivity contribution is 7.81. The largest absolute Gasteiger partial charge is 0.462 e. The lowest BCUT2D eigenvalue weighted by Gasteiger charge is -2.05. The summed E-state index contributed by atoms with van der Waals surface area (Å²) in [6.45, 7) is 4.08. The fourth-order valence-electron chi connectivity index (χ4n) is 1.18. The van der Waals surface area contributed by atoms with Gasteiger partial charge in [-0.25, -0.2) is 4.79 Å². The highest BCUT2D eigenvalue weighted by atomic mass is 32.1. The molecule has 0 atom stereocenters. The molecule has 76 valence electrons. The lowest BCUT2D eigenvalue weighted by molar-refractivity contribution is 0.0526. The Kier molecular flexibility index (Phi) is 3.83. The third-order valence-electron chi connectivity index (χ3n) is 1.72. The van der Waals surface area contributed by atoms with E-state index < -0.39 is 0 Å². The van der Waals surface area contributed by atoms with E-state index in [1.54, 1.807) is 19.1 Å². The van der Waals surface area contributed by atoms with Gasteiger partial charge in [0.05, 0.1) is 12.2 Å². The molecule has 0 saturated carbocycles. The Labute approximate surface area is 89.0 Å². The molecular weight excluding hydrogens is 198 g/mol. The number of carbonyl (C=O) groups excluding carboxylic acids is 1. The van der Waals surface area contributed by atoms with E-state index in [4.69, 9.17) is 4.74 Å². The van der Waals surface area contributed by atoms with Gasteiger partial charge in [0, 0.05) is 5.69 Å². The molecule has 3 nitrogen and oxygen atoms in total. The molecule has 0 aliphatic carbocycles. The summed E-state index contributed by atoms with van der Waals surface area (Å²) in [5.74, 6) is -0.305. The van der Waals surface area contributed by atoms with Crippen molar-refractivity contribution in [1.29, 1.82) is 0 Å². The van der Waals surface area contributed by atoms with Gasteiger partial charge in [-0.3, -0.25) is 0 Å². The number of benzene rings is 1. The van der Waals surface area contributed by atoms with Crippen LogP contribution in [0.5, 0.6) is 0 Å². The van der Waals surface area contributed by atoms with Crippen molar-refractivity contribution in [3.63, 3.8) is 0 Å². The Morgan fingerprint density at radius 2 is 2.21 bits per heavy atom. The third-order valence-corrected chi connectivity index (χ3v) is 1.98. The van der Waals surface area contributed by atoms with Gasteiger partial charge in [-0.05, 0) is 37.6 Å². The Morgan fingerprint density at radius 1 is 1.50 bits per heavy atom. The number of nitrogens with one attached hydrogen (secondary N) is 1. The molecule has 0 aliphatic heterocycles. The standard InChI is InChI=1S/C10H13NO2S/c1-3-13-10(12)8-4-7(2)5-9(6-8)11-14/h4-6,11,14H,3H2,1-2H3. The minimum absolute atomic E-state index is 0.305. The van der Waals surface area contributed by atoms with Crippen molar-refractivity contribution in [2.45, 2.75) is 13.8 Å². The number of esters is 1. The number of aryl methyl sites for hydroxylation is 1. The zero-order valence-corrected chi connectivity index (χ0v) is 9.10. The minimum Gasteiger partial charge on any atom is -0.462 e. The van der Waals surface area contributed by atoms with Crippen molar-refractivity contribution >= 4 is 24.5 Å². The molecular formula is C10H13NO2S. The molecule has 0 amide bonds. The van der Waals surface area contributed by atoms with Gasteiger partial charge < -0.3 is 9.46 Å². The van der Waals surface area contributed by atoms with E-state index in [1.807, 2.05) is 13.0 Å². The first-order chi connectivity index (χ1) is 6.67. The molecule has 14 heavy (non-hydrogen) atoms. The number of rotatable bonds is 3. The number of thiol groups is 1. The van der Waals surface area contributed by atoms with Gasteiger partial charge >= 0.3 is 5.97 Å².